The van der Waals surface area contributed by atoms with Crippen LogP contribution in [0.3, 0.4) is 0 Å². The molecular formula is C29H36N4O. The highest BCUT2D eigenvalue weighted by Crippen LogP contribution is 2.35. The number of anilines is 2. The molecular weight excluding hydrogens is 420 g/mol. The third-order valence-corrected chi connectivity index (χ3v) is 7.74. The summed E-state index contributed by atoms with van der Waals surface area (Å²) in [7, 11) is 0. The van der Waals surface area contributed by atoms with E-state index in [-0.39, 0.29) is 5.56 Å². The molecule has 0 amide bonds. The molecule has 1 aliphatic carbocycles. The van der Waals surface area contributed by atoms with Crippen LogP contribution < -0.4 is 10.5 Å². The lowest BCUT2D eigenvalue weighted by Crippen LogP contribution is -2.53. The van der Waals surface area contributed by atoms with Gasteiger partial charge in [0.25, 0.3) is 5.56 Å². The van der Waals surface area contributed by atoms with Crippen LogP contribution in [0.2, 0.25) is 0 Å². The molecule has 1 saturated carbocycles. The number of aromatic nitrogens is 2. The normalized spacial score (nSPS) is 20.9. The molecule has 0 N–H and O–H groups in total. The van der Waals surface area contributed by atoms with E-state index in [0.717, 1.165) is 35.1 Å². The number of hydrogen-bond acceptors (Lipinski definition) is 4. The smallest absolute Gasteiger partial charge is 0.259 e. The van der Waals surface area contributed by atoms with Crippen LogP contribution in [0.4, 0.5) is 11.6 Å². The van der Waals surface area contributed by atoms with E-state index in [0.29, 0.717) is 25.0 Å². The minimum absolute atomic E-state index is 0.0919. The maximum Gasteiger partial charge on any atom is 0.259 e. The first kappa shape index (κ1) is 22.9. The van der Waals surface area contributed by atoms with Gasteiger partial charge >= 0.3 is 0 Å². The minimum Gasteiger partial charge on any atom is -0.298 e. The van der Waals surface area contributed by atoms with Crippen LogP contribution in [0.15, 0.2) is 53.3 Å². The van der Waals surface area contributed by atoms with Crippen molar-refractivity contribution in [2.24, 2.45) is 5.92 Å². The predicted octanol–water partition coefficient (Wildman–Crippen LogP) is 5.71. The zero-order valence-corrected chi connectivity index (χ0v) is 20.9. The molecule has 5 heteroatoms. The molecule has 2 aromatic carbocycles. The van der Waals surface area contributed by atoms with Gasteiger partial charge < -0.3 is 0 Å². The molecule has 2 atom stereocenters. The molecule has 0 bridgehead atoms. The molecule has 0 radical (unpaired) electrons. The Morgan fingerprint density at radius 1 is 0.971 bits per heavy atom. The second kappa shape index (κ2) is 9.38. The van der Waals surface area contributed by atoms with E-state index < -0.39 is 0 Å². The van der Waals surface area contributed by atoms with Crippen LogP contribution in [0.25, 0.3) is 0 Å². The highest BCUT2D eigenvalue weighted by Gasteiger charge is 2.35. The van der Waals surface area contributed by atoms with Crippen LogP contribution in [0.5, 0.6) is 0 Å². The molecule has 2 aliphatic rings. The molecule has 34 heavy (non-hydrogen) atoms. The van der Waals surface area contributed by atoms with Crippen LogP contribution in [-0.2, 0) is 13.1 Å². The van der Waals surface area contributed by atoms with Crippen LogP contribution in [-0.4, -0.2) is 27.2 Å². The fraction of sp³-hybridized carbons (Fsp3) is 0.448. The van der Waals surface area contributed by atoms with Gasteiger partial charge in [-0.1, -0.05) is 67.8 Å². The molecule has 2 unspecified atom stereocenters. The molecule has 5 nitrogen and oxygen atoms in total. The lowest BCUT2D eigenvalue weighted by Gasteiger charge is -2.45. The standard InChI is InChI=1S/C29H36N4O/c1-20-14-15-27(22(3)16-20)32-18-31(26-13-9-8-10-21(26)2)19-33-28(34)25(23(4)30-29(32)33)17-24-11-6-5-7-12-24/h5-7,11-12,14-16,21,26H,8-10,13,17-19H2,1-4H3. The fourth-order valence-electron chi connectivity index (χ4n) is 5.84. The SMILES string of the molecule is Cc1ccc(N2CN(C3CCCCC3C)Cn3c2nc(C)c(Cc2ccccc2)c3=O)c(C)c1. The van der Waals surface area contributed by atoms with E-state index >= 15 is 0 Å². The Hall–Kier alpha value is -2.92. The Balaban J connectivity index is 1.62. The topological polar surface area (TPSA) is 41.4 Å². The number of aryl methyl sites for hydroxylation is 3. The summed E-state index contributed by atoms with van der Waals surface area (Å²) >= 11 is 0. The first-order valence-corrected chi connectivity index (χ1v) is 12.7. The number of nitrogens with zero attached hydrogens (tertiary/aromatic N) is 4. The van der Waals surface area contributed by atoms with E-state index in [4.69, 9.17) is 4.98 Å². The molecule has 1 fully saturated rings. The van der Waals surface area contributed by atoms with Crippen molar-refractivity contribution in [2.75, 3.05) is 11.6 Å². The molecule has 0 saturated heterocycles. The van der Waals surface area contributed by atoms with Crippen molar-refractivity contribution < 1.29 is 0 Å². The van der Waals surface area contributed by atoms with Crippen molar-refractivity contribution in [1.82, 2.24) is 14.5 Å². The second-order valence-corrected chi connectivity index (χ2v) is 10.3. The number of fused-ring (bicyclic) bond motifs is 1. The van der Waals surface area contributed by atoms with Crippen LogP contribution in [0.1, 0.15) is 60.6 Å². The summed E-state index contributed by atoms with van der Waals surface area (Å²) in [6.45, 7) is 10.0. The molecule has 2 heterocycles. The van der Waals surface area contributed by atoms with Crippen molar-refractivity contribution in [2.45, 2.75) is 72.5 Å². The summed E-state index contributed by atoms with van der Waals surface area (Å²) in [5.74, 6) is 1.40. The van der Waals surface area contributed by atoms with Crippen molar-refractivity contribution in [1.29, 1.82) is 0 Å². The van der Waals surface area contributed by atoms with E-state index in [1.165, 1.54) is 36.8 Å². The van der Waals surface area contributed by atoms with Crippen molar-refractivity contribution >= 4 is 11.6 Å². The second-order valence-electron chi connectivity index (χ2n) is 10.3. The number of benzene rings is 2. The van der Waals surface area contributed by atoms with Crippen molar-refractivity contribution in [3.8, 4) is 0 Å². The van der Waals surface area contributed by atoms with Crippen molar-refractivity contribution in [3.05, 3.63) is 86.8 Å². The summed E-state index contributed by atoms with van der Waals surface area (Å²) < 4.78 is 1.93. The summed E-state index contributed by atoms with van der Waals surface area (Å²) in [4.78, 5) is 23.8. The zero-order chi connectivity index (χ0) is 23.8. The summed E-state index contributed by atoms with van der Waals surface area (Å²) in [5.41, 5.74) is 6.46. The average Bonchev–Trinajstić information content (AvgIpc) is 2.83. The van der Waals surface area contributed by atoms with E-state index in [9.17, 15) is 4.79 Å². The zero-order valence-electron chi connectivity index (χ0n) is 20.9. The van der Waals surface area contributed by atoms with Gasteiger partial charge in [0, 0.05) is 23.7 Å². The van der Waals surface area contributed by atoms with Gasteiger partial charge in [0.05, 0.1) is 19.0 Å². The van der Waals surface area contributed by atoms with E-state index in [2.05, 4.69) is 60.9 Å². The molecule has 1 aromatic heterocycles. The Morgan fingerprint density at radius 2 is 1.74 bits per heavy atom. The maximum atomic E-state index is 13.9. The van der Waals surface area contributed by atoms with Gasteiger partial charge in [0.2, 0.25) is 5.95 Å². The quantitative estimate of drug-likeness (QED) is 0.504. The molecule has 5 rings (SSSR count). The summed E-state index contributed by atoms with van der Waals surface area (Å²) in [6.07, 6.45) is 5.65. The third kappa shape index (κ3) is 4.29. The van der Waals surface area contributed by atoms with E-state index in [1.54, 1.807) is 0 Å². The lowest BCUT2D eigenvalue weighted by molar-refractivity contribution is 0.0723. The Labute approximate surface area is 203 Å². The minimum atomic E-state index is 0.0919. The van der Waals surface area contributed by atoms with Gasteiger partial charge in [-0.3, -0.25) is 19.2 Å². The lowest BCUT2D eigenvalue weighted by atomic mass is 9.85. The van der Waals surface area contributed by atoms with Crippen LogP contribution in [0, 0.1) is 26.7 Å². The van der Waals surface area contributed by atoms with Gasteiger partial charge in [-0.2, -0.15) is 0 Å². The maximum absolute atomic E-state index is 13.9. The first-order chi connectivity index (χ1) is 16.4. The first-order valence-electron chi connectivity index (χ1n) is 12.7. The average molecular weight is 457 g/mol. The van der Waals surface area contributed by atoms with Gasteiger partial charge in [0.1, 0.15) is 0 Å². The fourth-order valence-corrected chi connectivity index (χ4v) is 5.84. The largest absolute Gasteiger partial charge is 0.298 e. The summed E-state index contributed by atoms with van der Waals surface area (Å²) in [5, 5.41) is 0. The molecule has 178 valence electrons. The van der Waals surface area contributed by atoms with E-state index in [1.807, 2.05) is 29.7 Å². The molecule has 0 spiro atoms. The Bertz CT molecular complexity index is 1230. The van der Waals surface area contributed by atoms with Gasteiger partial charge in [-0.05, 0) is 56.7 Å². The molecule has 3 aromatic rings. The predicted molar refractivity (Wildman–Crippen MR) is 139 cm³/mol. The summed E-state index contributed by atoms with van der Waals surface area (Å²) in [6, 6.07) is 17.3. The third-order valence-electron chi connectivity index (χ3n) is 7.74. The highest BCUT2D eigenvalue weighted by atomic mass is 16.1. The molecule has 1 aliphatic heterocycles. The number of rotatable bonds is 4. The van der Waals surface area contributed by atoms with Gasteiger partial charge in [0.15, 0.2) is 0 Å². The van der Waals surface area contributed by atoms with Gasteiger partial charge in [-0.15, -0.1) is 0 Å². The Morgan fingerprint density at radius 3 is 2.47 bits per heavy atom. The number of hydrogen-bond donors (Lipinski definition) is 0. The van der Waals surface area contributed by atoms with Crippen LogP contribution >= 0.6 is 0 Å². The Kier molecular flexibility index (Phi) is 6.30. The monoisotopic (exact) mass is 456 g/mol. The van der Waals surface area contributed by atoms with Crippen molar-refractivity contribution in [3.63, 3.8) is 0 Å². The van der Waals surface area contributed by atoms with Gasteiger partial charge in [-0.25, -0.2) is 4.98 Å². The highest BCUT2D eigenvalue weighted by molar-refractivity contribution is 5.63.